The third-order valence-corrected chi connectivity index (χ3v) is 3.42. The summed E-state index contributed by atoms with van der Waals surface area (Å²) in [6.45, 7) is 4.57. The summed E-state index contributed by atoms with van der Waals surface area (Å²) in [4.78, 5) is 11.0. The quantitative estimate of drug-likeness (QED) is 0.623. The van der Waals surface area contributed by atoms with Crippen molar-refractivity contribution < 1.29 is 4.74 Å². The number of hydrogen-bond acceptors (Lipinski definition) is 5. The normalized spacial score (nSPS) is 16.6. The van der Waals surface area contributed by atoms with Gasteiger partial charge in [-0.15, -0.1) is 0 Å². The van der Waals surface area contributed by atoms with Crippen LogP contribution >= 0.6 is 0 Å². The molecule has 0 radical (unpaired) electrons. The fraction of sp³-hybridized carbons (Fsp3) is 0.615. The Balaban J connectivity index is 2.09. The zero-order chi connectivity index (χ0) is 13.8. The van der Waals surface area contributed by atoms with Gasteiger partial charge in [-0.05, 0) is 31.7 Å². The summed E-state index contributed by atoms with van der Waals surface area (Å²) in [6.07, 6.45) is 2.17. The van der Waals surface area contributed by atoms with Gasteiger partial charge in [-0.1, -0.05) is 0 Å². The molecule has 6 heteroatoms. The lowest BCUT2D eigenvalue weighted by Crippen LogP contribution is -2.36. The van der Waals surface area contributed by atoms with Gasteiger partial charge in [0.05, 0.1) is 0 Å². The highest BCUT2D eigenvalue weighted by Crippen LogP contribution is 2.21. The molecule has 2 rings (SSSR count). The zero-order valence-electron chi connectivity index (χ0n) is 11.5. The summed E-state index contributed by atoms with van der Waals surface area (Å²) < 4.78 is 5.20. The molecule has 0 saturated carbocycles. The Kier molecular flexibility index (Phi) is 4.31. The monoisotopic (exact) mass is 263 g/mol. The van der Waals surface area contributed by atoms with Gasteiger partial charge < -0.3 is 15.4 Å². The van der Waals surface area contributed by atoms with Crippen LogP contribution in [-0.4, -0.2) is 42.6 Å². The molecule has 0 aliphatic carbocycles. The Hall–Kier alpha value is -1.69. The van der Waals surface area contributed by atoms with Crippen molar-refractivity contribution in [3.63, 3.8) is 0 Å². The highest BCUT2D eigenvalue weighted by atomic mass is 16.5. The predicted molar refractivity (Wildman–Crippen MR) is 74.6 cm³/mol. The van der Waals surface area contributed by atoms with Crippen LogP contribution in [-0.2, 0) is 4.74 Å². The number of ether oxygens (including phenoxy) is 1. The Bertz CT molecular complexity index is 454. The number of aromatic nitrogens is 2. The van der Waals surface area contributed by atoms with Gasteiger partial charge in [0.25, 0.3) is 0 Å². The van der Waals surface area contributed by atoms with Crippen LogP contribution in [0.15, 0.2) is 6.07 Å². The standard InChI is InChI=1S/C13H21N5O/c1-9-7-11(12(14)15)17-13(16-9)18-5-3-10(4-6-18)8-19-2/h7,10H,3-6,8H2,1-2H3,(H3,14,15). The molecule has 0 unspecified atom stereocenters. The number of nitrogens with zero attached hydrogens (tertiary/aromatic N) is 3. The SMILES string of the molecule is COCC1CCN(c2nc(C)cc(C(=N)N)n2)CC1. The molecule has 104 valence electrons. The maximum Gasteiger partial charge on any atom is 0.226 e. The Morgan fingerprint density at radius 2 is 2.16 bits per heavy atom. The third-order valence-electron chi connectivity index (χ3n) is 3.42. The van der Waals surface area contributed by atoms with E-state index in [1.807, 2.05) is 6.92 Å². The van der Waals surface area contributed by atoms with Crippen LogP contribution in [0.4, 0.5) is 5.95 Å². The summed E-state index contributed by atoms with van der Waals surface area (Å²) in [5.41, 5.74) is 6.84. The van der Waals surface area contributed by atoms with E-state index in [-0.39, 0.29) is 5.84 Å². The summed E-state index contributed by atoms with van der Waals surface area (Å²) in [6, 6.07) is 1.74. The van der Waals surface area contributed by atoms with E-state index in [4.69, 9.17) is 15.9 Å². The van der Waals surface area contributed by atoms with Gasteiger partial charge in [0, 0.05) is 32.5 Å². The molecule has 1 aliphatic heterocycles. The average Bonchev–Trinajstić information content (AvgIpc) is 2.39. The summed E-state index contributed by atoms with van der Waals surface area (Å²) in [5.74, 6) is 1.29. The van der Waals surface area contributed by atoms with Crippen molar-refractivity contribution in [3.05, 3.63) is 17.5 Å². The lowest BCUT2D eigenvalue weighted by molar-refractivity contribution is 0.139. The predicted octanol–water partition coefficient (Wildman–Crippen LogP) is 0.932. The molecule has 1 fully saturated rings. The van der Waals surface area contributed by atoms with Gasteiger partial charge in [-0.25, -0.2) is 9.97 Å². The topological polar surface area (TPSA) is 88.1 Å². The third kappa shape index (κ3) is 3.41. The second kappa shape index (κ2) is 5.97. The van der Waals surface area contributed by atoms with Crippen LogP contribution in [0.25, 0.3) is 0 Å². The minimum atomic E-state index is -0.0129. The van der Waals surface area contributed by atoms with E-state index in [0.29, 0.717) is 17.6 Å². The van der Waals surface area contributed by atoms with E-state index < -0.39 is 0 Å². The molecular weight excluding hydrogens is 242 g/mol. The van der Waals surface area contributed by atoms with E-state index in [9.17, 15) is 0 Å². The van der Waals surface area contributed by atoms with Crippen molar-refractivity contribution >= 4 is 11.8 Å². The first kappa shape index (κ1) is 13.7. The number of nitrogens with two attached hydrogens (primary N) is 1. The van der Waals surface area contributed by atoms with Gasteiger partial charge in [0.2, 0.25) is 5.95 Å². The maximum absolute atomic E-state index is 7.48. The van der Waals surface area contributed by atoms with Crippen LogP contribution in [0.3, 0.4) is 0 Å². The van der Waals surface area contributed by atoms with Crippen molar-refractivity contribution in [1.29, 1.82) is 5.41 Å². The molecule has 0 atom stereocenters. The van der Waals surface area contributed by atoms with Crippen LogP contribution in [0.2, 0.25) is 0 Å². The van der Waals surface area contributed by atoms with Crippen molar-refractivity contribution in [1.82, 2.24) is 9.97 Å². The highest BCUT2D eigenvalue weighted by molar-refractivity contribution is 5.93. The number of anilines is 1. The summed E-state index contributed by atoms with van der Waals surface area (Å²) in [5, 5.41) is 7.48. The smallest absolute Gasteiger partial charge is 0.226 e. The van der Waals surface area contributed by atoms with Crippen LogP contribution in [0.1, 0.15) is 24.2 Å². The number of piperidine rings is 1. The number of rotatable bonds is 4. The fourth-order valence-corrected chi connectivity index (χ4v) is 2.37. The average molecular weight is 263 g/mol. The lowest BCUT2D eigenvalue weighted by Gasteiger charge is -2.31. The molecule has 3 N–H and O–H groups in total. The molecule has 1 aromatic heterocycles. The van der Waals surface area contributed by atoms with E-state index >= 15 is 0 Å². The minimum absolute atomic E-state index is 0.0129. The van der Waals surface area contributed by atoms with Crippen LogP contribution in [0.5, 0.6) is 0 Å². The molecule has 1 saturated heterocycles. The van der Waals surface area contributed by atoms with E-state index in [1.165, 1.54) is 0 Å². The van der Waals surface area contributed by atoms with E-state index in [0.717, 1.165) is 38.2 Å². The number of methoxy groups -OCH3 is 1. The molecular formula is C13H21N5O. The lowest BCUT2D eigenvalue weighted by atomic mass is 9.98. The molecule has 0 amide bonds. The molecule has 0 spiro atoms. The first-order chi connectivity index (χ1) is 9.10. The number of aryl methyl sites for hydroxylation is 1. The first-order valence-corrected chi connectivity index (χ1v) is 6.54. The first-order valence-electron chi connectivity index (χ1n) is 6.54. The fourth-order valence-electron chi connectivity index (χ4n) is 2.37. The molecule has 0 aromatic carbocycles. The Morgan fingerprint density at radius 1 is 1.47 bits per heavy atom. The summed E-state index contributed by atoms with van der Waals surface area (Å²) in [7, 11) is 1.75. The number of amidine groups is 1. The molecule has 1 aromatic rings. The van der Waals surface area contributed by atoms with Gasteiger partial charge in [-0.3, -0.25) is 5.41 Å². The van der Waals surface area contributed by atoms with Crippen molar-refractivity contribution in [3.8, 4) is 0 Å². The largest absolute Gasteiger partial charge is 0.384 e. The van der Waals surface area contributed by atoms with Crippen molar-refractivity contribution in [2.75, 3.05) is 31.7 Å². The molecule has 2 heterocycles. The molecule has 0 bridgehead atoms. The molecule has 19 heavy (non-hydrogen) atoms. The minimum Gasteiger partial charge on any atom is -0.384 e. The Morgan fingerprint density at radius 3 is 2.74 bits per heavy atom. The van der Waals surface area contributed by atoms with Crippen molar-refractivity contribution in [2.24, 2.45) is 11.7 Å². The van der Waals surface area contributed by atoms with Gasteiger partial charge in [0.1, 0.15) is 11.5 Å². The molecule has 6 nitrogen and oxygen atoms in total. The van der Waals surface area contributed by atoms with E-state index in [1.54, 1.807) is 13.2 Å². The van der Waals surface area contributed by atoms with Crippen LogP contribution in [0, 0.1) is 18.3 Å². The highest BCUT2D eigenvalue weighted by Gasteiger charge is 2.21. The Labute approximate surface area is 113 Å². The van der Waals surface area contributed by atoms with Gasteiger partial charge in [0.15, 0.2) is 0 Å². The second-order valence-electron chi connectivity index (χ2n) is 4.99. The van der Waals surface area contributed by atoms with Crippen molar-refractivity contribution in [2.45, 2.75) is 19.8 Å². The second-order valence-corrected chi connectivity index (χ2v) is 4.99. The number of nitrogen functional groups attached to an aromatic ring is 1. The van der Waals surface area contributed by atoms with E-state index in [2.05, 4.69) is 14.9 Å². The zero-order valence-corrected chi connectivity index (χ0v) is 11.5. The number of hydrogen-bond donors (Lipinski definition) is 2. The maximum atomic E-state index is 7.48. The van der Waals surface area contributed by atoms with Crippen LogP contribution < -0.4 is 10.6 Å². The van der Waals surface area contributed by atoms with Gasteiger partial charge in [-0.2, -0.15) is 0 Å². The molecule has 1 aliphatic rings. The summed E-state index contributed by atoms with van der Waals surface area (Å²) >= 11 is 0. The number of nitrogens with one attached hydrogen (secondary N) is 1. The van der Waals surface area contributed by atoms with Gasteiger partial charge >= 0.3 is 0 Å².